The average Bonchev–Trinajstić information content (AvgIpc) is 2.78. The van der Waals surface area contributed by atoms with E-state index in [1.807, 2.05) is 7.05 Å². The van der Waals surface area contributed by atoms with Crippen LogP contribution in [0.15, 0.2) is 0 Å². The van der Waals surface area contributed by atoms with E-state index < -0.39 is 0 Å². The fourth-order valence-electron chi connectivity index (χ4n) is 1.47. The van der Waals surface area contributed by atoms with Crippen molar-refractivity contribution < 1.29 is 4.79 Å². The smallest absolute Gasteiger partial charge is 0.161 e. The highest BCUT2D eigenvalue weighted by Crippen LogP contribution is 2.42. The normalized spacial score (nSPS) is 16.5. The van der Waals surface area contributed by atoms with Gasteiger partial charge in [0.1, 0.15) is 0 Å². The summed E-state index contributed by atoms with van der Waals surface area (Å²) in [5.74, 6) is 0.509. The monoisotopic (exact) mass is 184 g/mol. The molecule has 0 aromatic carbocycles. The molecule has 0 unspecified atom stereocenters. The zero-order valence-corrected chi connectivity index (χ0v) is 7.51. The molecule has 0 saturated heterocycles. The van der Waals surface area contributed by atoms with E-state index in [4.69, 9.17) is 11.6 Å². The maximum Gasteiger partial charge on any atom is 0.161 e. The zero-order chi connectivity index (χ0) is 8.72. The molecule has 0 spiro atoms. The lowest BCUT2D eigenvalue weighted by Gasteiger charge is -1.97. The van der Waals surface area contributed by atoms with Crippen LogP contribution in [-0.2, 0) is 7.05 Å². The van der Waals surface area contributed by atoms with Gasteiger partial charge in [-0.15, -0.1) is 0 Å². The Bertz CT molecular complexity index is 328. The Kier molecular flexibility index (Phi) is 1.68. The van der Waals surface area contributed by atoms with Gasteiger partial charge in [-0.3, -0.25) is 9.48 Å². The Morgan fingerprint density at radius 2 is 2.33 bits per heavy atom. The number of aryl methyl sites for hydroxylation is 1. The first-order valence-electron chi connectivity index (χ1n) is 3.91. The van der Waals surface area contributed by atoms with Crippen molar-refractivity contribution >= 4 is 17.9 Å². The molecule has 4 heteroatoms. The summed E-state index contributed by atoms with van der Waals surface area (Å²) in [6.07, 6.45) is 3.09. The molecular formula is C8H9ClN2O. The van der Waals surface area contributed by atoms with E-state index in [0.717, 1.165) is 24.8 Å². The van der Waals surface area contributed by atoms with Crippen LogP contribution in [0.25, 0.3) is 0 Å². The van der Waals surface area contributed by atoms with E-state index in [-0.39, 0.29) is 0 Å². The van der Waals surface area contributed by atoms with Gasteiger partial charge in [-0.1, -0.05) is 11.6 Å². The highest BCUT2D eigenvalue weighted by atomic mass is 35.5. The van der Waals surface area contributed by atoms with Gasteiger partial charge in [0.05, 0.1) is 11.3 Å². The fourth-order valence-corrected chi connectivity index (χ4v) is 1.72. The molecule has 1 saturated carbocycles. The number of rotatable bonds is 2. The van der Waals surface area contributed by atoms with Crippen molar-refractivity contribution in [2.45, 2.75) is 18.8 Å². The number of aldehydes is 1. The van der Waals surface area contributed by atoms with Crippen molar-refractivity contribution in [3.05, 3.63) is 16.4 Å². The van der Waals surface area contributed by atoms with Crippen LogP contribution in [0.3, 0.4) is 0 Å². The first-order valence-corrected chi connectivity index (χ1v) is 4.29. The van der Waals surface area contributed by atoms with Crippen LogP contribution in [0.5, 0.6) is 0 Å². The molecule has 0 radical (unpaired) electrons. The first kappa shape index (κ1) is 7.80. The van der Waals surface area contributed by atoms with Gasteiger partial charge in [0, 0.05) is 13.0 Å². The van der Waals surface area contributed by atoms with E-state index >= 15 is 0 Å². The maximum absolute atomic E-state index is 10.7. The minimum Gasteiger partial charge on any atom is -0.298 e. The summed E-state index contributed by atoms with van der Waals surface area (Å²) in [6.45, 7) is 0. The summed E-state index contributed by atoms with van der Waals surface area (Å²) in [4.78, 5) is 10.7. The van der Waals surface area contributed by atoms with Gasteiger partial charge in [-0.25, -0.2) is 0 Å². The van der Waals surface area contributed by atoms with Crippen molar-refractivity contribution in [3.63, 3.8) is 0 Å². The lowest BCUT2D eigenvalue weighted by Crippen LogP contribution is -1.97. The SMILES string of the molecule is Cn1nc(Cl)c(C=O)c1C1CC1. The molecule has 0 bridgehead atoms. The second-order valence-corrected chi connectivity index (χ2v) is 3.46. The minimum atomic E-state index is 0.328. The lowest BCUT2D eigenvalue weighted by atomic mass is 10.2. The van der Waals surface area contributed by atoms with Crippen molar-refractivity contribution in [3.8, 4) is 0 Å². The second-order valence-electron chi connectivity index (χ2n) is 3.11. The first-order chi connectivity index (χ1) is 5.74. The van der Waals surface area contributed by atoms with E-state index in [1.54, 1.807) is 4.68 Å². The number of aromatic nitrogens is 2. The van der Waals surface area contributed by atoms with Crippen molar-refractivity contribution in [1.82, 2.24) is 9.78 Å². The topological polar surface area (TPSA) is 34.9 Å². The van der Waals surface area contributed by atoms with Crippen LogP contribution < -0.4 is 0 Å². The quantitative estimate of drug-likeness (QED) is 0.657. The molecule has 0 amide bonds. The predicted molar refractivity (Wildman–Crippen MR) is 45.6 cm³/mol. The van der Waals surface area contributed by atoms with Crippen molar-refractivity contribution in [2.24, 2.45) is 7.05 Å². The van der Waals surface area contributed by atoms with Crippen LogP contribution in [-0.4, -0.2) is 16.1 Å². The Hall–Kier alpha value is -0.830. The largest absolute Gasteiger partial charge is 0.298 e. The molecule has 1 fully saturated rings. The number of hydrogen-bond acceptors (Lipinski definition) is 2. The van der Waals surface area contributed by atoms with Crippen molar-refractivity contribution in [2.75, 3.05) is 0 Å². The van der Waals surface area contributed by atoms with Gasteiger partial charge < -0.3 is 0 Å². The summed E-state index contributed by atoms with van der Waals surface area (Å²) >= 11 is 5.76. The molecule has 2 rings (SSSR count). The Labute approximate surface area is 75.3 Å². The predicted octanol–water partition coefficient (Wildman–Crippen LogP) is 1.76. The van der Waals surface area contributed by atoms with Crippen LogP contribution in [0.1, 0.15) is 34.8 Å². The number of halogens is 1. The third-order valence-corrected chi connectivity index (χ3v) is 2.45. The van der Waals surface area contributed by atoms with Crippen LogP contribution >= 0.6 is 11.6 Å². The van der Waals surface area contributed by atoms with Crippen LogP contribution in [0, 0.1) is 0 Å². The van der Waals surface area contributed by atoms with Gasteiger partial charge in [0.2, 0.25) is 0 Å². The number of carbonyl (C=O) groups excluding carboxylic acids is 1. The molecule has 0 atom stereocenters. The third kappa shape index (κ3) is 1.05. The molecule has 64 valence electrons. The molecule has 3 nitrogen and oxygen atoms in total. The zero-order valence-electron chi connectivity index (χ0n) is 6.75. The molecule has 1 heterocycles. The molecule has 0 N–H and O–H groups in total. The highest BCUT2D eigenvalue weighted by molar-refractivity contribution is 6.31. The lowest BCUT2D eigenvalue weighted by molar-refractivity contribution is 0.112. The highest BCUT2D eigenvalue weighted by Gasteiger charge is 2.30. The fraction of sp³-hybridized carbons (Fsp3) is 0.500. The maximum atomic E-state index is 10.7. The van der Waals surface area contributed by atoms with Gasteiger partial charge in [0.25, 0.3) is 0 Å². The molecule has 1 aliphatic rings. The van der Waals surface area contributed by atoms with E-state index in [0.29, 0.717) is 16.6 Å². The van der Waals surface area contributed by atoms with E-state index in [9.17, 15) is 4.79 Å². The summed E-state index contributed by atoms with van der Waals surface area (Å²) in [5, 5.41) is 4.32. The minimum absolute atomic E-state index is 0.328. The van der Waals surface area contributed by atoms with Gasteiger partial charge >= 0.3 is 0 Å². The summed E-state index contributed by atoms with van der Waals surface area (Å²) in [7, 11) is 1.83. The standard InChI is InChI=1S/C8H9ClN2O/c1-11-7(5-2-3-5)6(4-12)8(9)10-11/h4-5H,2-3H2,1H3. The second kappa shape index (κ2) is 2.59. The average molecular weight is 185 g/mol. The Morgan fingerprint density at radius 3 is 2.83 bits per heavy atom. The molecule has 0 aliphatic heterocycles. The molecular weight excluding hydrogens is 176 g/mol. The van der Waals surface area contributed by atoms with Crippen LogP contribution in [0.4, 0.5) is 0 Å². The Balaban J connectivity index is 2.54. The van der Waals surface area contributed by atoms with Crippen LogP contribution in [0.2, 0.25) is 5.15 Å². The summed E-state index contributed by atoms with van der Waals surface area (Å²) in [6, 6.07) is 0. The van der Waals surface area contributed by atoms with Gasteiger partial charge in [-0.05, 0) is 12.8 Å². The Morgan fingerprint density at radius 1 is 1.67 bits per heavy atom. The molecule has 1 aliphatic carbocycles. The number of nitrogens with zero attached hydrogens (tertiary/aromatic N) is 2. The molecule has 1 aromatic rings. The number of carbonyl (C=O) groups is 1. The summed E-state index contributed by atoms with van der Waals surface area (Å²) < 4.78 is 1.71. The van der Waals surface area contributed by atoms with Crippen molar-refractivity contribution in [1.29, 1.82) is 0 Å². The van der Waals surface area contributed by atoms with Gasteiger partial charge in [0.15, 0.2) is 11.4 Å². The summed E-state index contributed by atoms with van der Waals surface area (Å²) in [5.41, 5.74) is 1.57. The van der Waals surface area contributed by atoms with Gasteiger partial charge in [-0.2, -0.15) is 5.10 Å². The molecule has 12 heavy (non-hydrogen) atoms. The van der Waals surface area contributed by atoms with E-state index in [1.165, 1.54) is 0 Å². The molecule has 1 aromatic heterocycles. The third-order valence-electron chi connectivity index (χ3n) is 2.17. The number of hydrogen-bond donors (Lipinski definition) is 0. The van der Waals surface area contributed by atoms with E-state index in [2.05, 4.69) is 5.10 Å².